The lowest BCUT2D eigenvalue weighted by Gasteiger charge is -2.13. The Morgan fingerprint density at radius 3 is 2.63 bits per heavy atom. The number of aromatic carboxylic acids is 1. The maximum atomic E-state index is 12.0. The van der Waals surface area contributed by atoms with Crippen LogP contribution < -0.4 is 10.2 Å². The SMILES string of the molecule is Cc1cc(O[C@H](C)C(=O)N/N=C\c2ccccc2C(=O)O)ccc1[N+](=O)[O-]. The van der Waals surface area contributed by atoms with Gasteiger partial charge in [-0.1, -0.05) is 18.2 Å². The monoisotopic (exact) mass is 371 g/mol. The average Bonchev–Trinajstić information content (AvgIpc) is 2.61. The van der Waals surface area contributed by atoms with E-state index in [1.165, 1.54) is 37.4 Å². The maximum absolute atomic E-state index is 12.0. The Morgan fingerprint density at radius 1 is 1.30 bits per heavy atom. The number of amides is 1. The molecular weight excluding hydrogens is 354 g/mol. The fourth-order valence-corrected chi connectivity index (χ4v) is 2.22. The van der Waals surface area contributed by atoms with E-state index in [4.69, 9.17) is 9.84 Å². The molecule has 0 heterocycles. The summed E-state index contributed by atoms with van der Waals surface area (Å²) in [5, 5.41) is 23.6. The van der Waals surface area contributed by atoms with E-state index in [1.807, 2.05) is 0 Å². The molecule has 2 aromatic rings. The Kier molecular flexibility index (Phi) is 6.21. The van der Waals surface area contributed by atoms with Crippen molar-refractivity contribution >= 4 is 23.8 Å². The Bertz CT molecular complexity index is 910. The van der Waals surface area contributed by atoms with Gasteiger partial charge in [0, 0.05) is 17.2 Å². The van der Waals surface area contributed by atoms with Crippen molar-refractivity contribution in [2.24, 2.45) is 5.10 Å². The van der Waals surface area contributed by atoms with Crippen LogP contribution >= 0.6 is 0 Å². The van der Waals surface area contributed by atoms with Gasteiger partial charge in [-0.05, 0) is 32.0 Å². The van der Waals surface area contributed by atoms with Crippen molar-refractivity contribution in [2.75, 3.05) is 0 Å². The van der Waals surface area contributed by atoms with Gasteiger partial charge in [-0.15, -0.1) is 0 Å². The molecule has 0 saturated heterocycles. The first-order chi connectivity index (χ1) is 12.8. The largest absolute Gasteiger partial charge is 0.481 e. The fraction of sp³-hybridized carbons (Fsp3) is 0.167. The van der Waals surface area contributed by atoms with Crippen LogP contribution in [0.15, 0.2) is 47.6 Å². The number of nitro groups is 1. The molecule has 0 bridgehead atoms. The zero-order chi connectivity index (χ0) is 20.0. The van der Waals surface area contributed by atoms with Gasteiger partial charge in [0.25, 0.3) is 11.6 Å². The zero-order valence-electron chi connectivity index (χ0n) is 14.6. The lowest BCUT2D eigenvalue weighted by Crippen LogP contribution is -2.33. The summed E-state index contributed by atoms with van der Waals surface area (Å²) in [6, 6.07) is 10.4. The molecule has 1 atom stereocenters. The van der Waals surface area contributed by atoms with Crippen LogP contribution in [0, 0.1) is 17.0 Å². The minimum absolute atomic E-state index is 0.0406. The van der Waals surface area contributed by atoms with Crippen molar-refractivity contribution in [1.82, 2.24) is 5.43 Å². The lowest BCUT2D eigenvalue weighted by molar-refractivity contribution is -0.385. The van der Waals surface area contributed by atoms with E-state index in [2.05, 4.69) is 10.5 Å². The standard InChI is InChI=1S/C18H17N3O6/c1-11-9-14(7-8-16(11)21(25)26)27-12(2)17(22)20-19-10-13-5-3-4-6-15(13)18(23)24/h3-10,12H,1-2H3,(H,20,22)(H,23,24)/b19-10-/t12-/m1/s1. The number of aryl methyl sites for hydroxylation is 1. The molecule has 9 heteroatoms. The summed E-state index contributed by atoms with van der Waals surface area (Å²) in [6.07, 6.45) is 0.308. The van der Waals surface area contributed by atoms with Gasteiger partial charge in [-0.3, -0.25) is 14.9 Å². The van der Waals surface area contributed by atoms with Crippen molar-refractivity contribution in [2.45, 2.75) is 20.0 Å². The highest BCUT2D eigenvalue weighted by Crippen LogP contribution is 2.23. The number of carbonyl (C=O) groups is 2. The highest BCUT2D eigenvalue weighted by atomic mass is 16.6. The molecule has 0 spiro atoms. The molecule has 2 N–H and O–H groups in total. The van der Waals surface area contributed by atoms with Gasteiger partial charge in [-0.2, -0.15) is 5.10 Å². The van der Waals surface area contributed by atoms with Crippen molar-refractivity contribution < 1.29 is 24.4 Å². The minimum Gasteiger partial charge on any atom is -0.481 e. The number of carboxylic acid groups (broad SMARTS) is 1. The van der Waals surface area contributed by atoms with Gasteiger partial charge >= 0.3 is 5.97 Å². The number of hydrogen-bond donors (Lipinski definition) is 2. The molecule has 140 valence electrons. The molecule has 2 aromatic carbocycles. The van der Waals surface area contributed by atoms with Crippen molar-refractivity contribution in [3.05, 3.63) is 69.3 Å². The normalized spacial score (nSPS) is 11.8. The summed E-state index contributed by atoms with van der Waals surface area (Å²) in [5.74, 6) is -1.36. The molecule has 0 aliphatic rings. The summed E-state index contributed by atoms with van der Waals surface area (Å²) >= 11 is 0. The van der Waals surface area contributed by atoms with Crippen LogP contribution in [0.1, 0.15) is 28.4 Å². The molecule has 0 fully saturated rings. The molecule has 0 aliphatic heterocycles. The van der Waals surface area contributed by atoms with Gasteiger partial charge in [0.05, 0.1) is 16.7 Å². The third kappa shape index (κ3) is 5.11. The summed E-state index contributed by atoms with van der Waals surface area (Å²) in [6.45, 7) is 3.06. The van der Waals surface area contributed by atoms with Gasteiger partial charge in [0.15, 0.2) is 6.10 Å². The predicted molar refractivity (Wildman–Crippen MR) is 97.1 cm³/mol. The van der Waals surface area contributed by atoms with Crippen LogP contribution in [0.3, 0.4) is 0 Å². The number of ether oxygens (including phenoxy) is 1. The molecule has 2 rings (SSSR count). The van der Waals surface area contributed by atoms with Crippen LogP contribution in [-0.2, 0) is 4.79 Å². The van der Waals surface area contributed by atoms with E-state index in [1.54, 1.807) is 25.1 Å². The number of nitrogens with zero attached hydrogens (tertiary/aromatic N) is 2. The van der Waals surface area contributed by atoms with Gasteiger partial charge in [0.1, 0.15) is 5.75 Å². The molecule has 0 saturated carbocycles. The third-order valence-corrected chi connectivity index (χ3v) is 3.62. The van der Waals surface area contributed by atoms with Crippen LogP contribution in [0.25, 0.3) is 0 Å². The summed E-state index contributed by atoms with van der Waals surface area (Å²) < 4.78 is 5.45. The maximum Gasteiger partial charge on any atom is 0.336 e. The predicted octanol–water partition coefficient (Wildman–Crippen LogP) is 2.52. The number of carboxylic acids is 1. The van der Waals surface area contributed by atoms with Gasteiger partial charge < -0.3 is 9.84 Å². The van der Waals surface area contributed by atoms with Gasteiger partial charge in [0.2, 0.25) is 0 Å². The van der Waals surface area contributed by atoms with Crippen LogP contribution in [0.2, 0.25) is 0 Å². The number of hydrazone groups is 1. The molecule has 0 aromatic heterocycles. The van der Waals surface area contributed by atoms with E-state index in [-0.39, 0.29) is 11.3 Å². The molecule has 9 nitrogen and oxygen atoms in total. The summed E-state index contributed by atoms with van der Waals surface area (Å²) in [7, 11) is 0. The van der Waals surface area contributed by atoms with Crippen molar-refractivity contribution in [3.8, 4) is 5.75 Å². The first-order valence-electron chi connectivity index (χ1n) is 7.86. The average molecular weight is 371 g/mol. The van der Waals surface area contributed by atoms with Crippen molar-refractivity contribution in [1.29, 1.82) is 0 Å². The van der Waals surface area contributed by atoms with Crippen LogP contribution in [0.5, 0.6) is 5.75 Å². The summed E-state index contributed by atoms with van der Waals surface area (Å²) in [5.41, 5.74) is 3.03. The van der Waals surface area contributed by atoms with E-state index >= 15 is 0 Å². The second-order valence-electron chi connectivity index (χ2n) is 5.59. The number of nitrogens with one attached hydrogen (secondary N) is 1. The van der Waals surface area contributed by atoms with Crippen molar-refractivity contribution in [3.63, 3.8) is 0 Å². The number of carbonyl (C=O) groups excluding carboxylic acids is 1. The highest BCUT2D eigenvalue weighted by molar-refractivity contribution is 5.98. The first kappa shape index (κ1) is 19.6. The zero-order valence-corrected chi connectivity index (χ0v) is 14.6. The molecule has 0 radical (unpaired) electrons. The van der Waals surface area contributed by atoms with E-state index < -0.39 is 22.9 Å². The summed E-state index contributed by atoms with van der Waals surface area (Å²) in [4.78, 5) is 33.5. The number of hydrogen-bond acceptors (Lipinski definition) is 6. The molecule has 27 heavy (non-hydrogen) atoms. The second kappa shape index (κ2) is 8.56. The van der Waals surface area contributed by atoms with E-state index in [0.29, 0.717) is 16.9 Å². The quantitative estimate of drug-likeness (QED) is 0.437. The second-order valence-corrected chi connectivity index (χ2v) is 5.59. The Hall–Kier alpha value is -3.75. The Labute approximate surface area is 154 Å². The fourth-order valence-electron chi connectivity index (χ4n) is 2.22. The Morgan fingerprint density at radius 2 is 2.00 bits per heavy atom. The first-order valence-corrected chi connectivity index (χ1v) is 7.86. The van der Waals surface area contributed by atoms with E-state index in [0.717, 1.165) is 0 Å². The van der Waals surface area contributed by atoms with Crippen LogP contribution in [0.4, 0.5) is 5.69 Å². The van der Waals surface area contributed by atoms with Crippen LogP contribution in [-0.4, -0.2) is 34.2 Å². The molecule has 0 unspecified atom stereocenters. The molecule has 0 aliphatic carbocycles. The number of rotatable bonds is 7. The smallest absolute Gasteiger partial charge is 0.336 e. The lowest BCUT2D eigenvalue weighted by atomic mass is 10.1. The minimum atomic E-state index is -1.10. The van der Waals surface area contributed by atoms with E-state index in [9.17, 15) is 19.7 Å². The topological polar surface area (TPSA) is 131 Å². The number of benzene rings is 2. The molecular formula is C18H17N3O6. The van der Waals surface area contributed by atoms with Gasteiger partial charge in [-0.25, -0.2) is 10.2 Å². The number of nitro benzene ring substituents is 1. The third-order valence-electron chi connectivity index (χ3n) is 3.62. The highest BCUT2D eigenvalue weighted by Gasteiger charge is 2.16. The molecule has 1 amide bonds. The Balaban J connectivity index is 1.99.